The highest BCUT2D eigenvalue weighted by atomic mass is 32.1. The third-order valence-electron chi connectivity index (χ3n) is 2.10. The lowest BCUT2D eigenvalue weighted by atomic mass is 10.2. The molecule has 2 aromatic rings. The van der Waals surface area contributed by atoms with Gasteiger partial charge >= 0.3 is 5.97 Å². The predicted molar refractivity (Wildman–Crippen MR) is 65.2 cm³/mol. The van der Waals surface area contributed by atoms with E-state index in [1.807, 2.05) is 0 Å². The fraction of sp³-hybridized carbons (Fsp3) is 0.167. The number of ether oxygens (including phenoxy) is 1. The van der Waals surface area contributed by atoms with Crippen LogP contribution in [0.15, 0.2) is 29.6 Å². The molecular formula is C12H11NO3S. The Morgan fingerprint density at radius 1 is 1.41 bits per heavy atom. The van der Waals surface area contributed by atoms with Gasteiger partial charge in [-0.25, -0.2) is 9.78 Å². The van der Waals surface area contributed by atoms with Crippen molar-refractivity contribution in [2.45, 2.75) is 6.92 Å². The van der Waals surface area contributed by atoms with Gasteiger partial charge in [0.15, 0.2) is 5.69 Å². The Bertz CT molecular complexity index is 519. The smallest absolute Gasteiger partial charge is 0.357 e. The molecule has 17 heavy (non-hydrogen) atoms. The third-order valence-corrected chi connectivity index (χ3v) is 2.99. The molecule has 1 aromatic heterocycles. The maximum absolute atomic E-state index is 11.4. The van der Waals surface area contributed by atoms with Crippen LogP contribution in [0.2, 0.25) is 0 Å². The molecule has 0 bridgehead atoms. The number of esters is 1. The standard InChI is InChI=1S/C12H11NO3S/c1-2-16-12(15)10-7-17-11(13-10)8-3-5-9(14)6-4-8/h3-7,14H,2H2,1H3. The molecule has 0 atom stereocenters. The van der Waals surface area contributed by atoms with Crippen LogP contribution in [0.1, 0.15) is 17.4 Å². The van der Waals surface area contributed by atoms with E-state index in [2.05, 4.69) is 4.98 Å². The van der Waals surface area contributed by atoms with Crippen molar-refractivity contribution in [1.29, 1.82) is 0 Å². The maximum atomic E-state index is 11.4. The van der Waals surface area contributed by atoms with Crippen molar-refractivity contribution in [3.05, 3.63) is 35.3 Å². The summed E-state index contributed by atoms with van der Waals surface area (Å²) >= 11 is 1.37. The van der Waals surface area contributed by atoms with E-state index in [-0.39, 0.29) is 5.75 Å². The Morgan fingerprint density at radius 3 is 2.76 bits per heavy atom. The molecule has 0 saturated heterocycles. The molecule has 0 aliphatic carbocycles. The van der Waals surface area contributed by atoms with Gasteiger partial charge in [0.1, 0.15) is 10.8 Å². The quantitative estimate of drug-likeness (QED) is 0.850. The second-order valence-electron chi connectivity index (χ2n) is 3.31. The summed E-state index contributed by atoms with van der Waals surface area (Å²) in [7, 11) is 0. The average Bonchev–Trinajstić information content (AvgIpc) is 2.80. The van der Waals surface area contributed by atoms with E-state index in [9.17, 15) is 9.90 Å². The first kappa shape index (κ1) is 11.6. The molecule has 0 spiro atoms. The van der Waals surface area contributed by atoms with Crippen molar-refractivity contribution >= 4 is 17.3 Å². The van der Waals surface area contributed by atoms with Crippen molar-refractivity contribution in [2.24, 2.45) is 0 Å². The second-order valence-corrected chi connectivity index (χ2v) is 4.16. The number of phenols is 1. The number of hydrogen-bond acceptors (Lipinski definition) is 5. The molecule has 1 heterocycles. The first-order valence-corrected chi connectivity index (χ1v) is 6.00. The number of aromatic hydroxyl groups is 1. The van der Waals surface area contributed by atoms with E-state index in [0.29, 0.717) is 12.3 Å². The number of aromatic nitrogens is 1. The fourth-order valence-electron chi connectivity index (χ4n) is 1.31. The molecule has 4 nitrogen and oxygen atoms in total. The van der Waals surface area contributed by atoms with Crippen LogP contribution in [0, 0.1) is 0 Å². The van der Waals surface area contributed by atoms with Gasteiger partial charge in [0, 0.05) is 10.9 Å². The zero-order valence-electron chi connectivity index (χ0n) is 9.21. The minimum atomic E-state index is -0.409. The van der Waals surface area contributed by atoms with E-state index < -0.39 is 5.97 Å². The van der Waals surface area contributed by atoms with Crippen LogP contribution in [-0.2, 0) is 4.74 Å². The lowest BCUT2D eigenvalue weighted by Gasteiger charge is -1.97. The number of carbonyl (C=O) groups excluding carboxylic acids is 1. The van der Waals surface area contributed by atoms with Crippen molar-refractivity contribution in [1.82, 2.24) is 4.98 Å². The van der Waals surface area contributed by atoms with Gasteiger partial charge in [-0.05, 0) is 31.2 Å². The topological polar surface area (TPSA) is 59.4 Å². The van der Waals surface area contributed by atoms with Crippen LogP contribution in [0.4, 0.5) is 0 Å². The highest BCUT2D eigenvalue weighted by Crippen LogP contribution is 2.25. The molecule has 0 aliphatic heterocycles. The molecule has 0 amide bonds. The molecule has 0 unspecified atom stereocenters. The summed E-state index contributed by atoms with van der Waals surface area (Å²) in [6.45, 7) is 2.09. The van der Waals surface area contributed by atoms with Crippen LogP contribution in [0.25, 0.3) is 10.6 Å². The molecule has 1 N–H and O–H groups in total. The summed E-state index contributed by atoms with van der Waals surface area (Å²) in [6, 6.07) is 6.67. The van der Waals surface area contributed by atoms with E-state index in [0.717, 1.165) is 10.6 Å². The summed E-state index contributed by atoms with van der Waals surface area (Å²) in [5.74, 6) is -0.204. The number of phenolic OH excluding ortho intramolecular Hbond substituents is 1. The molecule has 0 saturated carbocycles. The molecular weight excluding hydrogens is 238 g/mol. The second kappa shape index (κ2) is 4.97. The van der Waals surface area contributed by atoms with Gasteiger partial charge in [-0.2, -0.15) is 0 Å². The average molecular weight is 249 g/mol. The Morgan fingerprint density at radius 2 is 2.12 bits per heavy atom. The molecule has 88 valence electrons. The van der Waals surface area contributed by atoms with Gasteiger partial charge < -0.3 is 9.84 Å². The lowest BCUT2D eigenvalue weighted by molar-refractivity contribution is 0.0520. The van der Waals surface area contributed by atoms with Gasteiger partial charge in [0.05, 0.1) is 6.61 Å². The molecule has 5 heteroatoms. The largest absolute Gasteiger partial charge is 0.508 e. The normalized spacial score (nSPS) is 10.2. The first-order chi connectivity index (χ1) is 8.20. The minimum absolute atomic E-state index is 0.205. The number of rotatable bonds is 3. The lowest BCUT2D eigenvalue weighted by Crippen LogP contribution is -2.04. The van der Waals surface area contributed by atoms with Gasteiger partial charge in [-0.3, -0.25) is 0 Å². The number of carbonyl (C=O) groups is 1. The predicted octanol–water partition coefficient (Wildman–Crippen LogP) is 2.69. The fourth-order valence-corrected chi connectivity index (χ4v) is 2.10. The van der Waals surface area contributed by atoms with Crippen molar-refractivity contribution < 1.29 is 14.6 Å². The number of thiazole rings is 1. The van der Waals surface area contributed by atoms with Gasteiger partial charge in [0.2, 0.25) is 0 Å². The summed E-state index contributed by atoms with van der Waals surface area (Å²) in [5.41, 5.74) is 1.18. The monoisotopic (exact) mass is 249 g/mol. The first-order valence-electron chi connectivity index (χ1n) is 5.12. The Kier molecular flexibility index (Phi) is 3.39. The molecule has 1 aromatic carbocycles. The summed E-state index contributed by atoms with van der Waals surface area (Å²) in [5, 5.41) is 11.6. The summed E-state index contributed by atoms with van der Waals surface area (Å²) < 4.78 is 4.86. The van der Waals surface area contributed by atoms with Crippen molar-refractivity contribution in [3.63, 3.8) is 0 Å². The van der Waals surface area contributed by atoms with Crippen molar-refractivity contribution in [2.75, 3.05) is 6.61 Å². The van der Waals surface area contributed by atoms with Crippen LogP contribution in [0.3, 0.4) is 0 Å². The molecule has 0 radical (unpaired) electrons. The van der Waals surface area contributed by atoms with Crippen LogP contribution in [0.5, 0.6) is 5.75 Å². The van der Waals surface area contributed by atoms with Gasteiger partial charge in [-0.15, -0.1) is 11.3 Å². The SMILES string of the molecule is CCOC(=O)c1csc(-c2ccc(O)cc2)n1. The van der Waals surface area contributed by atoms with E-state index in [1.165, 1.54) is 11.3 Å². The van der Waals surface area contributed by atoms with E-state index in [1.54, 1.807) is 36.6 Å². The number of hydrogen-bond donors (Lipinski definition) is 1. The van der Waals surface area contributed by atoms with E-state index >= 15 is 0 Å². The molecule has 0 aliphatic rings. The van der Waals surface area contributed by atoms with Crippen LogP contribution < -0.4 is 0 Å². The summed E-state index contributed by atoms with van der Waals surface area (Å²) in [4.78, 5) is 15.6. The van der Waals surface area contributed by atoms with E-state index in [4.69, 9.17) is 4.74 Å². The highest BCUT2D eigenvalue weighted by molar-refractivity contribution is 7.13. The zero-order chi connectivity index (χ0) is 12.3. The Balaban J connectivity index is 2.23. The zero-order valence-corrected chi connectivity index (χ0v) is 10.0. The van der Waals surface area contributed by atoms with Crippen LogP contribution in [-0.4, -0.2) is 22.7 Å². The highest BCUT2D eigenvalue weighted by Gasteiger charge is 2.12. The van der Waals surface area contributed by atoms with Crippen LogP contribution >= 0.6 is 11.3 Å². The summed E-state index contributed by atoms with van der Waals surface area (Å²) in [6.07, 6.45) is 0. The van der Waals surface area contributed by atoms with Gasteiger partial charge in [0.25, 0.3) is 0 Å². The molecule has 0 fully saturated rings. The third kappa shape index (κ3) is 2.62. The maximum Gasteiger partial charge on any atom is 0.357 e. The number of nitrogens with zero attached hydrogens (tertiary/aromatic N) is 1. The minimum Gasteiger partial charge on any atom is -0.508 e. The van der Waals surface area contributed by atoms with Crippen molar-refractivity contribution in [3.8, 4) is 16.3 Å². The number of benzene rings is 1. The molecule has 2 rings (SSSR count). The Hall–Kier alpha value is -1.88. The Labute approximate surface area is 103 Å². The van der Waals surface area contributed by atoms with Gasteiger partial charge in [-0.1, -0.05) is 0 Å².